The van der Waals surface area contributed by atoms with Crippen molar-refractivity contribution < 1.29 is 31.1 Å². The zero-order valence-corrected chi connectivity index (χ0v) is 19.0. The highest BCUT2D eigenvalue weighted by Gasteiger charge is 2.36. The fraction of sp³-hybridized carbons (Fsp3) is 0.250. The molecule has 3 rings (SSSR count). The van der Waals surface area contributed by atoms with E-state index in [4.69, 9.17) is 5.73 Å². The summed E-state index contributed by atoms with van der Waals surface area (Å²) >= 11 is 0. The standard InChI is InChI=1S/C24H22F6N4O2/c1-13(16-8-17(24(28,29)30)10-18(31)9-16)32-22(36)15-6-7-21(35)34(12-15)20-5-3-4-19(11-20)33-14(2)23(25,26)27/h3-14,33H,31H2,1-2H3,(H,32,36)/t13-,14?/m1/s1. The molecule has 0 aliphatic carbocycles. The predicted octanol–water partition coefficient (Wildman–Crippen LogP) is 5.29. The molecule has 0 aliphatic heterocycles. The molecular formula is C24H22F6N4O2. The SMILES string of the molecule is CC(Nc1cccc(-n2cc(C(=O)N[C@H](C)c3cc(N)cc(C(F)(F)F)c3)ccc2=O)c1)C(F)(F)F. The smallest absolute Gasteiger partial charge is 0.399 e. The number of aromatic nitrogens is 1. The summed E-state index contributed by atoms with van der Waals surface area (Å²) < 4.78 is 79.0. The first-order valence-electron chi connectivity index (χ1n) is 10.6. The molecule has 1 amide bonds. The van der Waals surface area contributed by atoms with Crippen molar-refractivity contribution in [3.63, 3.8) is 0 Å². The van der Waals surface area contributed by atoms with Crippen LogP contribution in [0.3, 0.4) is 0 Å². The summed E-state index contributed by atoms with van der Waals surface area (Å²) in [7, 11) is 0. The quantitative estimate of drug-likeness (QED) is 0.309. The molecule has 12 heteroatoms. The van der Waals surface area contributed by atoms with Crippen LogP contribution in [-0.2, 0) is 6.18 Å². The predicted molar refractivity (Wildman–Crippen MR) is 123 cm³/mol. The largest absolute Gasteiger partial charge is 0.416 e. The van der Waals surface area contributed by atoms with E-state index in [2.05, 4.69) is 10.6 Å². The van der Waals surface area contributed by atoms with E-state index in [1.54, 1.807) is 0 Å². The third-order valence-corrected chi connectivity index (χ3v) is 5.32. The number of anilines is 2. The second kappa shape index (κ2) is 9.96. The summed E-state index contributed by atoms with van der Waals surface area (Å²) in [6, 6.07) is 8.23. The number of nitrogens with zero attached hydrogens (tertiary/aromatic N) is 1. The van der Waals surface area contributed by atoms with Gasteiger partial charge >= 0.3 is 12.4 Å². The Hall–Kier alpha value is -3.96. The van der Waals surface area contributed by atoms with Gasteiger partial charge in [-0.05, 0) is 61.9 Å². The second-order valence-electron chi connectivity index (χ2n) is 8.17. The van der Waals surface area contributed by atoms with Crippen molar-refractivity contribution in [1.29, 1.82) is 0 Å². The van der Waals surface area contributed by atoms with Crippen molar-refractivity contribution in [2.24, 2.45) is 0 Å². The highest BCUT2D eigenvalue weighted by Crippen LogP contribution is 2.32. The first-order valence-corrected chi connectivity index (χ1v) is 10.6. The molecule has 192 valence electrons. The van der Waals surface area contributed by atoms with E-state index in [0.717, 1.165) is 29.7 Å². The monoisotopic (exact) mass is 512 g/mol. The Morgan fingerprint density at radius 1 is 0.972 bits per heavy atom. The zero-order valence-electron chi connectivity index (χ0n) is 19.0. The van der Waals surface area contributed by atoms with Crippen molar-refractivity contribution in [1.82, 2.24) is 9.88 Å². The highest BCUT2D eigenvalue weighted by atomic mass is 19.4. The van der Waals surface area contributed by atoms with Gasteiger partial charge in [0, 0.05) is 23.6 Å². The normalized spacial score (nSPS) is 13.7. The lowest BCUT2D eigenvalue weighted by molar-refractivity contribution is -0.139. The Labute approximate surface area is 201 Å². The third kappa shape index (κ3) is 6.37. The van der Waals surface area contributed by atoms with E-state index in [1.807, 2.05) is 0 Å². The Morgan fingerprint density at radius 2 is 1.67 bits per heavy atom. The average Bonchev–Trinajstić information content (AvgIpc) is 2.77. The van der Waals surface area contributed by atoms with Crippen LogP contribution in [-0.4, -0.2) is 22.7 Å². The van der Waals surface area contributed by atoms with Gasteiger partial charge in [-0.1, -0.05) is 6.07 Å². The van der Waals surface area contributed by atoms with E-state index in [-0.39, 0.29) is 28.2 Å². The number of amides is 1. The summed E-state index contributed by atoms with van der Waals surface area (Å²) in [5.41, 5.74) is 4.39. The summed E-state index contributed by atoms with van der Waals surface area (Å²) in [5.74, 6) is -0.688. The van der Waals surface area contributed by atoms with Crippen LogP contribution in [0, 0.1) is 0 Å². The first-order chi connectivity index (χ1) is 16.6. The second-order valence-corrected chi connectivity index (χ2v) is 8.17. The Balaban J connectivity index is 1.85. The Kier molecular flexibility index (Phi) is 7.37. The molecule has 36 heavy (non-hydrogen) atoms. The van der Waals surface area contributed by atoms with Gasteiger partial charge in [-0.15, -0.1) is 0 Å². The van der Waals surface area contributed by atoms with Gasteiger partial charge in [-0.3, -0.25) is 14.2 Å². The molecule has 1 aromatic heterocycles. The molecule has 1 unspecified atom stereocenters. The fourth-order valence-electron chi connectivity index (χ4n) is 3.35. The number of nitrogens with one attached hydrogen (secondary N) is 2. The molecule has 3 aromatic rings. The summed E-state index contributed by atoms with van der Waals surface area (Å²) in [6.07, 6.45) is -7.91. The number of halogens is 6. The molecule has 0 saturated carbocycles. The van der Waals surface area contributed by atoms with E-state index < -0.39 is 41.5 Å². The van der Waals surface area contributed by atoms with Gasteiger partial charge in [0.05, 0.1) is 22.9 Å². The number of carbonyl (C=O) groups is 1. The minimum atomic E-state index is -4.62. The lowest BCUT2D eigenvalue weighted by Gasteiger charge is -2.19. The van der Waals surface area contributed by atoms with Crippen LogP contribution in [0.5, 0.6) is 0 Å². The van der Waals surface area contributed by atoms with Crippen molar-refractivity contribution in [3.05, 3.63) is 87.8 Å². The van der Waals surface area contributed by atoms with Gasteiger partial charge < -0.3 is 16.4 Å². The van der Waals surface area contributed by atoms with E-state index in [9.17, 15) is 35.9 Å². The van der Waals surface area contributed by atoms with Crippen LogP contribution in [0.2, 0.25) is 0 Å². The number of nitrogens with two attached hydrogens (primary N) is 1. The van der Waals surface area contributed by atoms with Gasteiger partial charge in [0.1, 0.15) is 6.04 Å². The van der Waals surface area contributed by atoms with Crippen molar-refractivity contribution >= 4 is 17.3 Å². The number of hydrogen-bond acceptors (Lipinski definition) is 4. The molecular weight excluding hydrogens is 490 g/mol. The number of rotatable bonds is 6. The van der Waals surface area contributed by atoms with Crippen molar-refractivity contribution in [3.8, 4) is 5.69 Å². The number of hydrogen-bond donors (Lipinski definition) is 3. The lowest BCUT2D eigenvalue weighted by atomic mass is 10.0. The van der Waals surface area contributed by atoms with E-state index in [1.165, 1.54) is 49.5 Å². The Bertz CT molecular complexity index is 1320. The average molecular weight is 512 g/mol. The van der Waals surface area contributed by atoms with Gasteiger partial charge in [0.15, 0.2) is 0 Å². The molecule has 0 aliphatic rings. The lowest BCUT2D eigenvalue weighted by Crippen LogP contribution is -2.33. The number of carbonyl (C=O) groups excluding carboxylic acids is 1. The van der Waals surface area contributed by atoms with Gasteiger partial charge in [-0.2, -0.15) is 26.3 Å². The topological polar surface area (TPSA) is 89.2 Å². The fourth-order valence-corrected chi connectivity index (χ4v) is 3.35. The minimum absolute atomic E-state index is 0.00317. The van der Waals surface area contributed by atoms with Crippen LogP contribution in [0.25, 0.3) is 5.69 Å². The number of nitrogen functional groups attached to an aromatic ring is 1. The summed E-state index contributed by atoms with van der Waals surface area (Å²) in [6.45, 7) is 2.42. The highest BCUT2D eigenvalue weighted by molar-refractivity contribution is 5.94. The van der Waals surface area contributed by atoms with Gasteiger partial charge in [0.25, 0.3) is 11.5 Å². The van der Waals surface area contributed by atoms with Gasteiger partial charge in [0.2, 0.25) is 0 Å². The number of alkyl halides is 6. The molecule has 0 bridgehead atoms. The van der Waals surface area contributed by atoms with Crippen LogP contribution < -0.4 is 21.9 Å². The maximum absolute atomic E-state index is 13.1. The molecule has 0 radical (unpaired) electrons. The molecule has 2 atom stereocenters. The summed E-state index contributed by atoms with van der Waals surface area (Å²) in [4.78, 5) is 25.2. The molecule has 2 aromatic carbocycles. The van der Waals surface area contributed by atoms with E-state index >= 15 is 0 Å². The van der Waals surface area contributed by atoms with Crippen molar-refractivity contribution in [2.75, 3.05) is 11.1 Å². The minimum Gasteiger partial charge on any atom is -0.399 e. The van der Waals surface area contributed by atoms with Crippen LogP contribution >= 0.6 is 0 Å². The molecule has 4 N–H and O–H groups in total. The number of pyridine rings is 1. The van der Waals surface area contributed by atoms with Crippen LogP contribution in [0.15, 0.2) is 65.6 Å². The van der Waals surface area contributed by atoms with Crippen molar-refractivity contribution in [2.45, 2.75) is 38.3 Å². The molecule has 0 fully saturated rings. The summed E-state index contributed by atoms with van der Waals surface area (Å²) in [5, 5.41) is 4.86. The van der Waals surface area contributed by atoms with Crippen LogP contribution in [0.4, 0.5) is 37.7 Å². The third-order valence-electron chi connectivity index (χ3n) is 5.32. The first kappa shape index (κ1) is 26.6. The molecule has 0 spiro atoms. The molecule has 0 saturated heterocycles. The maximum atomic E-state index is 13.1. The number of benzene rings is 2. The van der Waals surface area contributed by atoms with E-state index in [0.29, 0.717) is 0 Å². The van der Waals surface area contributed by atoms with Crippen LogP contribution in [0.1, 0.15) is 41.4 Å². The maximum Gasteiger partial charge on any atom is 0.416 e. The Morgan fingerprint density at radius 3 is 2.31 bits per heavy atom. The van der Waals surface area contributed by atoms with Gasteiger partial charge in [-0.25, -0.2) is 0 Å². The molecule has 1 heterocycles. The zero-order chi connectivity index (χ0) is 26.8. The molecule has 6 nitrogen and oxygen atoms in total.